The van der Waals surface area contributed by atoms with Crippen LogP contribution in [0.1, 0.15) is 5.56 Å². The summed E-state index contributed by atoms with van der Waals surface area (Å²) >= 11 is 1.50. The van der Waals surface area contributed by atoms with Crippen molar-refractivity contribution in [2.24, 2.45) is 0 Å². The van der Waals surface area contributed by atoms with Gasteiger partial charge >= 0.3 is 0 Å². The summed E-state index contributed by atoms with van der Waals surface area (Å²) < 4.78 is 6.07. The lowest BCUT2D eigenvalue weighted by molar-refractivity contribution is 0.904. The van der Waals surface area contributed by atoms with Crippen molar-refractivity contribution in [1.82, 2.24) is 19.6 Å². The van der Waals surface area contributed by atoms with Crippen molar-refractivity contribution in [3.8, 4) is 0 Å². The minimum absolute atomic E-state index is 0.949. The Labute approximate surface area is 70.4 Å². The highest BCUT2D eigenvalue weighted by Gasteiger charge is 1.91. The summed E-state index contributed by atoms with van der Waals surface area (Å²) in [6.07, 6.45) is 4.75. The van der Waals surface area contributed by atoms with Crippen molar-refractivity contribution < 1.29 is 0 Å². The first-order valence-electron chi connectivity index (χ1n) is 3.46. The number of H-pyrrole nitrogens is 1. The molecule has 0 radical (unpaired) electrons. The van der Waals surface area contributed by atoms with Crippen LogP contribution >= 0.6 is 12.1 Å². The quantitative estimate of drug-likeness (QED) is 0.442. The predicted molar refractivity (Wildman–Crippen MR) is 46.9 cm³/mol. The SMILES string of the molecule is CNSNCCc1cn[nH]c1. The van der Waals surface area contributed by atoms with Crippen molar-refractivity contribution in [3.63, 3.8) is 0 Å². The lowest BCUT2D eigenvalue weighted by Gasteiger charge is -1.98. The topological polar surface area (TPSA) is 52.7 Å². The molecule has 0 amide bonds. The molecule has 11 heavy (non-hydrogen) atoms. The highest BCUT2D eigenvalue weighted by molar-refractivity contribution is 7.95. The van der Waals surface area contributed by atoms with E-state index in [1.165, 1.54) is 17.7 Å². The van der Waals surface area contributed by atoms with Gasteiger partial charge in [-0.15, -0.1) is 0 Å². The average molecular weight is 172 g/mol. The zero-order chi connectivity index (χ0) is 7.94. The minimum atomic E-state index is 0.949. The van der Waals surface area contributed by atoms with Gasteiger partial charge in [0.25, 0.3) is 0 Å². The number of rotatable bonds is 5. The van der Waals surface area contributed by atoms with Crippen molar-refractivity contribution in [1.29, 1.82) is 0 Å². The zero-order valence-corrected chi connectivity index (χ0v) is 7.24. The molecule has 0 aromatic carbocycles. The number of aromatic amines is 1. The van der Waals surface area contributed by atoms with E-state index in [0.29, 0.717) is 0 Å². The van der Waals surface area contributed by atoms with Crippen LogP contribution in [-0.2, 0) is 6.42 Å². The molecule has 1 aromatic heterocycles. The standard InChI is InChI=1S/C6H12N4S/c1-7-11-10-3-2-6-4-8-9-5-6/h4-5,7,10H,2-3H2,1H3,(H,8,9). The van der Waals surface area contributed by atoms with Crippen LogP contribution in [0.15, 0.2) is 12.4 Å². The molecule has 0 aliphatic heterocycles. The van der Waals surface area contributed by atoms with Gasteiger partial charge in [0.05, 0.1) is 6.20 Å². The first kappa shape index (κ1) is 8.58. The Morgan fingerprint density at radius 1 is 1.73 bits per heavy atom. The van der Waals surface area contributed by atoms with Gasteiger partial charge in [-0.2, -0.15) is 5.10 Å². The Hall–Kier alpha value is -0.520. The van der Waals surface area contributed by atoms with Crippen LogP contribution in [0.3, 0.4) is 0 Å². The highest BCUT2D eigenvalue weighted by atomic mass is 32.2. The summed E-state index contributed by atoms with van der Waals surface area (Å²) in [6.45, 7) is 0.949. The van der Waals surface area contributed by atoms with E-state index < -0.39 is 0 Å². The van der Waals surface area contributed by atoms with Gasteiger partial charge in [0.1, 0.15) is 0 Å². The molecule has 5 heteroatoms. The fourth-order valence-electron chi connectivity index (χ4n) is 0.733. The number of aromatic nitrogens is 2. The van der Waals surface area contributed by atoms with Crippen molar-refractivity contribution in [3.05, 3.63) is 18.0 Å². The molecule has 0 atom stereocenters. The van der Waals surface area contributed by atoms with E-state index in [4.69, 9.17) is 0 Å². The molecule has 0 aliphatic carbocycles. The minimum Gasteiger partial charge on any atom is -0.285 e. The van der Waals surface area contributed by atoms with Crippen molar-refractivity contribution in [2.75, 3.05) is 13.6 Å². The summed E-state index contributed by atoms with van der Waals surface area (Å²) in [7, 11) is 1.88. The van der Waals surface area contributed by atoms with E-state index in [-0.39, 0.29) is 0 Å². The molecule has 0 saturated carbocycles. The van der Waals surface area contributed by atoms with Gasteiger partial charge in [0.2, 0.25) is 0 Å². The number of nitrogens with zero attached hydrogens (tertiary/aromatic N) is 1. The molecule has 0 aliphatic rings. The maximum atomic E-state index is 3.85. The van der Waals surface area contributed by atoms with Crippen molar-refractivity contribution in [2.45, 2.75) is 6.42 Å². The smallest absolute Gasteiger partial charge is 0.0519 e. The molecule has 1 aromatic rings. The van der Waals surface area contributed by atoms with Crippen LogP contribution in [0, 0.1) is 0 Å². The fourth-order valence-corrected chi connectivity index (χ4v) is 1.08. The maximum Gasteiger partial charge on any atom is 0.0519 e. The molecule has 0 fully saturated rings. The van der Waals surface area contributed by atoms with Crippen LogP contribution in [0.2, 0.25) is 0 Å². The van der Waals surface area contributed by atoms with Gasteiger partial charge in [-0.3, -0.25) is 14.5 Å². The van der Waals surface area contributed by atoms with Gasteiger partial charge in [0.15, 0.2) is 0 Å². The van der Waals surface area contributed by atoms with E-state index in [0.717, 1.165) is 13.0 Å². The average Bonchev–Trinajstić information content (AvgIpc) is 2.50. The van der Waals surface area contributed by atoms with Crippen molar-refractivity contribution >= 4 is 12.1 Å². The molecule has 0 bridgehead atoms. The summed E-state index contributed by atoms with van der Waals surface area (Å²) in [5.74, 6) is 0. The van der Waals surface area contributed by atoms with Crippen LogP contribution < -0.4 is 9.44 Å². The second kappa shape index (κ2) is 5.17. The maximum absolute atomic E-state index is 3.85. The van der Waals surface area contributed by atoms with Gasteiger partial charge in [-0.05, 0) is 19.0 Å². The van der Waals surface area contributed by atoms with Gasteiger partial charge < -0.3 is 0 Å². The van der Waals surface area contributed by atoms with Crippen LogP contribution in [0.25, 0.3) is 0 Å². The molecule has 4 nitrogen and oxygen atoms in total. The van der Waals surface area contributed by atoms with Gasteiger partial charge in [-0.25, -0.2) is 0 Å². The summed E-state index contributed by atoms with van der Waals surface area (Å²) in [6, 6.07) is 0. The van der Waals surface area contributed by atoms with Crippen LogP contribution in [0.5, 0.6) is 0 Å². The van der Waals surface area contributed by atoms with Gasteiger partial charge in [-0.1, -0.05) is 0 Å². The number of nitrogens with one attached hydrogen (secondary N) is 3. The Morgan fingerprint density at radius 3 is 3.27 bits per heavy atom. The zero-order valence-electron chi connectivity index (χ0n) is 6.42. The summed E-state index contributed by atoms with van der Waals surface area (Å²) in [5.41, 5.74) is 1.23. The van der Waals surface area contributed by atoms with E-state index in [2.05, 4.69) is 19.6 Å². The first-order valence-corrected chi connectivity index (χ1v) is 4.28. The van der Waals surface area contributed by atoms with Gasteiger partial charge in [0, 0.05) is 24.9 Å². The molecular formula is C6H12N4S. The molecule has 0 spiro atoms. The Bertz CT molecular complexity index is 175. The number of hydrogen-bond donors (Lipinski definition) is 3. The summed E-state index contributed by atoms with van der Waals surface area (Å²) in [4.78, 5) is 0. The molecule has 62 valence electrons. The Morgan fingerprint density at radius 2 is 2.64 bits per heavy atom. The normalized spacial score (nSPS) is 10.3. The lowest BCUT2D eigenvalue weighted by Crippen LogP contribution is -2.12. The molecule has 1 heterocycles. The molecule has 0 saturated heterocycles. The third-order valence-electron chi connectivity index (χ3n) is 1.24. The number of hydrogen-bond acceptors (Lipinski definition) is 4. The Balaban J connectivity index is 2.04. The predicted octanol–water partition coefficient (Wildman–Crippen LogP) is 0.324. The third kappa shape index (κ3) is 3.41. The largest absolute Gasteiger partial charge is 0.285 e. The second-order valence-electron chi connectivity index (χ2n) is 2.06. The highest BCUT2D eigenvalue weighted by Crippen LogP contribution is 1.94. The van der Waals surface area contributed by atoms with E-state index in [1.54, 1.807) is 0 Å². The van der Waals surface area contributed by atoms with E-state index in [9.17, 15) is 0 Å². The Kier molecular flexibility index (Phi) is 4.03. The lowest BCUT2D eigenvalue weighted by atomic mass is 10.3. The molecule has 3 N–H and O–H groups in total. The second-order valence-corrected chi connectivity index (χ2v) is 2.96. The first-order chi connectivity index (χ1) is 5.43. The van der Waals surface area contributed by atoms with E-state index in [1.807, 2.05) is 19.4 Å². The van der Waals surface area contributed by atoms with Crippen LogP contribution in [-0.4, -0.2) is 23.8 Å². The monoisotopic (exact) mass is 172 g/mol. The molecule has 0 unspecified atom stereocenters. The van der Waals surface area contributed by atoms with Crippen LogP contribution in [0.4, 0.5) is 0 Å². The molecular weight excluding hydrogens is 160 g/mol. The third-order valence-corrected chi connectivity index (χ3v) is 1.80. The van der Waals surface area contributed by atoms with E-state index >= 15 is 0 Å². The summed E-state index contributed by atoms with van der Waals surface area (Å²) in [5, 5.41) is 6.62. The fraction of sp³-hybridized carbons (Fsp3) is 0.500. The molecule has 1 rings (SSSR count).